The van der Waals surface area contributed by atoms with Crippen LogP contribution in [0.2, 0.25) is 0 Å². The molecule has 0 radical (unpaired) electrons. The zero-order valence-corrected chi connectivity index (χ0v) is 19.8. The van der Waals surface area contributed by atoms with Gasteiger partial charge in [0.05, 0.1) is 12.6 Å². The van der Waals surface area contributed by atoms with E-state index in [4.69, 9.17) is 0 Å². The molecule has 2 N–H and O–H groups in total. The molecular formula is C26H44N2O3. The van der Waals surface area contributed by atoms with Gasteiger partial charge in [0.25, 0.3) is 5.91 Å². The van der Waals surface area contributed by atoms with Crippen LogP contribution in [0.4, 0.5) is 0 Å². The Morgan fingerprint density at radius 3 is 1.81 bits per heavy atom. The number of hydrogen-bond donors (Lipinski definition) is 2. The minimum Gasteiger partial charge on any atom is -0.394 e. The highest BCUT2D eigenvalue weighted by Crippen LogP contribution is 2.15. The molecule has 0 spiro atoms. The number of nitrogens with zero attached hydrogens (tertiary/aromatic N) is 1. The Morgan fingerprint density at radius 1 is 0.871 bits per heavy atom. The molecule has 1 rings (SSSR count). The molecule has 0 aliphatic heterocycles. The van der Waals surface area contributed by atoms with Gasteiger partial charge in [-0.2, -0.15) is 4.91 Å². The highest BCUT2D eigenvalue weighted by Gasteiger charge is 2.23. The van der Waals surface area contributed by atoms with Crippen LogP contribution in [0.25, 0.3) is 0 Å². The first-order valence-corrected chi connectivity index (χ1v) is 12.4. The Hall–Kier alpha value is -1.75. The summed E-state index contributed by atoms with van der Waals surface area (Å²) in [5.74, 6) is -0.280. The lowest BCUT2D eigenvalue weighted by molar-refractivity contribution is 0.0904. The van der Waals surface area contributed by atoms with Crippen LogP contribution in [-0.2, 0) is 0 Å². The summed E-state index contributed by atoms with van der Waals surface area (Å²) in [4.78, 5) is 23.7. The third-order valence-corrected chi connectivity index (χ3v) is 6.03. The van der Waals surface area contributed by atoms with Crippen molar-refractivity contribution in [2.45, 2.75) is 116 Å². The minimum atomic E-state index is -0.636. The van der Waals surface area contributed by atoms with Crippen LogP contribution in [0.3, 0.4) is 0 Å². The van der Waals surface area contributed by atoms with E-state index in [1.165, 1.54) is 70.6 Å². The van der Waals surface area contributed by atoms with Crippen molar-refractivity contribution in [3.05, 3.63) is 40.3 Å². The lowest BCUT2D eigenvalue weighted by Crippen LogP contribution is -2.45. The average molecular weight is 433 g/mol. The van der Waals surface area contributed by atoms with Gasteiger partial charge in [-0.3, -0.25) is 4.79 Å². The van der Waals surface area contributed by atoms with Gasteiger partial charge in [-0.05, 0) is 25.5 Å². The Morgan fingerprint density at radius 2 is 1.35 bits per heavy atom. The molecule has 0 aromatic heterocycles. The smallest absolute Gasteiger partial charge is 0.251 e. The van der Waals surface area contributed by atoms with Gasteiger partial charge >= 0.3 is 0 Å². The molecule has 1 unspecified atom stereocenters. The summed E-state index contributed by atoms with van der Waals surface area (Å²) in [5.41, 5.74) is 1.60. The number of benzene rings is 1. The van der Waals surface area contributed by atoms with E-state index >= 15 is 0 Å². The second-order valence-corrected chi connectivity index (χ2v) is 8.83. The van der Waals surface area contributed by atoms with E-state index in [1.807, 2.05) is 19.1 Å². The van der Waals surface area contributed by atoms with Gasteiger partial charge in [0.15, 0.2) is 0 Å². The quantitative estimate of drug-likeness (QED) is 0.188. The summed E-state index contributed by atoms with van der Waals surface area (Å²) in [6.07, 6.45) is 17.1. The largest absolute Gasteiger partial charge is 0.394 e. The Labute approximate surface area is 189 Å². The van der Waals surface area contributed by atoms with Gasteiger partial charge in [-0.25, -0.2) is 0 Å². The average Bonchev–Trinajstić information content (AvgIpc) is 2.78. The molecule has 31 heavy (non-hydrogen) atoms. The molecule has 0 aliphatic rings. The SMILES string of the molecule is CCCCCCCCCCCCCCCC(N=O)[C@H](CO)NC(=O)c1ccc(C)cc1. The summed E-state index contributed by atoms with van der Waals surface area (Å²) >= 11 is 0. The van der Waals surface area contributed by atoms with E-state index in [1.54, 1.807) is 12.1 Å². The van der Waals surface area contributed by atoms with E-state index in [0.717, 1.165) is 18.4 Å². The van der Waals surface area contributed by atoms with E-state index in [-0.39, 0.29) is 12.5 Å². The third-order valence-electron chi connectivity index (χ3n) is 6.03. The Balaban J connectivity index is 2.14. The summed E-state index contributed by atoms with van der Waals surface area (Å²) in [5, 5.41) is 15.6. The molecule has 0 heterocycles. The van der Waals surface area contributed by atoms with Gasteiger partial charge in [0.1, 0.15) is 6.04 Å². The number of nitroso groups, excluding NO2 is 1. The highest BCUT2D eigenvalue weighted by atomic mass is 16.3. The second kappa shape index (κ2) is 17.9. The van der Waals surface area contributed by atoms with Crippen molar-refractivity contribution >= 4 is 5.91 Å². The maximum absolute atomic E-state index is 12.4. The lowest BCUT2D eigenvalue weighted by Gasteiger charge is -2.21. The maximum Gasteiger partial charge on any atom is 0.251 e. The molecule has 1 amide bonds. The molecule has 0 bridgehead atoms. The van der Waals surface area contributed by atoms with E-state index in [0.29, 0.717) is 12.0 Å². The zero-order valence-electron chi connectivity index (χ0n) is 19.8. The number of hydrogen-bond acceptors (Lipinski definition) is 4. The van der Waals surface area contributed by atoms with E-state index < -0.39 is 12.1 Å². The summed E-state index contributed by atoms with van der Waals surface area (Å²) < 4.78 is 0. The summed E-state index contributed by atoms with van der Waals surface area (Å²) in [7, 11) is 0. The number of aryl methyl sites for hydroxylation is 1. The first kappa shape index (κ1) is 27.3. The molecule has 5 heteroatoms. The zero-order chi connectivity index (χ0) is 22.7. The van der Waals surface area contributed by atoms with Crippen LogP contribution >= 0.6 is 0 Å². The minimum absolute atomic E-state index is 0.280. The van der Waals surface area contributed by atoms with Crippen molar-refractivity contribution in [3.63, 3.8) is 0 Å². The molecular weight excluding hydrogens is 388 g/mol. The molecule has 1 aromatic carbocycles. The number of carbonyl (C=O) groups excluding carboxylic acids is 1. The molecule has 176 valence electrons. The molecule has 5 nitrogen and oxygen atoms in total. The standard InChI is InChI=1S/C26H44N2O3/c1-3-4-5-6-7-8-9-10-11-12-13-14-15-16-24(28-31)25(21-29)27-26(30)23-19-17-22(2)18-20-23/h17-20,24-25,29H,3-16,21H2,1-2H3,(H,27,30)/t24?,25-/m0/s1. The fourth-order valence-electron chi connectivity index (χ4n) is 3.92. The Kier molecular flexibility index (Phi) is 15.7. The predicted octanol–water partition coefficient (Wildman–Crippen LogP) is 6.70. The van der Waals surface area contributed by atoms with Crippen molar-refractivity contribution in [2.24, 2.45) is 5.18 Å². The van der Waals surface area contributed by atoms with Gasteiger partial charge in [-0.15, -0.1) is 0 Å². The Bertz CT molecular complexity index is 589. The van der Waals surface area contributed by atoms with Crippen molar-refractivity contribution in [1.29, 1.82) is 0 Å². The van der Waals surface area contributed by atoms with Gasteiger partial charge < -0.3 is 10.4 Å². The van der Waals surface area contributed by atoms with Crippen molar-refractivity contribution in [2.75, 3.05) is 6.61 Å². The third kappa shape index (κ3) is 12.6. The van der Waals surface area contributed by atoms with E-state index in [2.05, 4.69) is 17.4 Å². The monoisotopic (exact) mass is 432 g/mol. The molecule has 1 aromatic rings. The van der Waals surface area contributed by atoms with Crippen LogP contribution in [0.5, 0.6) is 0 Å². The van der Waals surface area contributed by atoms with Gasteiger partial charge in [-0.1, -0.05) is 113 Å². The van der Waals surface area contributed by atoms with Crippen molar-refractivity contribution in [1.82, 2.24) is 5.32 Å². The summed E-state index contributed by atoms with van der Waals surface area (Å²) in [6, 6.07) is 6.00. The normalized spacial score (nSPS) is 13.0. The van der Waals surface area contributed by atoms with Gasteiger partial charge in [0.2, 0.25) is 0 Å². The second-order valence-electron chi connectivity index (χ2n) is 8.83. The topological polar surface area (TPSA) is 78.8 Å². The van der Waals surface area contributed by atoms with Crippen LogP contribution < -0.4 is 5.32 Å². The number of unbranched alkanes of at least 4 members (excludes halogenated alkanes) is 12. The van der Waals surface area contributed by atoms with Gasteiger partial charge in [0, 0.05) is 5.56 Å². The number of aliphatic hydroxyl groups is 1. The van der Waals surface area contributed by atoms with Crippen molar-refractivity contribution in [3.8, 4) is 0 Å². The van der Waals surface area contributed by atoms with E-state index in [9.17, 15) is 14.8 Å². The highest BCUT2D eigenvalue weighted by molar-refractivity contribution is 5.94. The van der Waals surface area contributed by atoms with Crippen LogP contribution in [0.1, 0.15) is 113 Å². The molecule has 0 saturated heterocycles. The first-order valence-electron chi connectivity index (χ1n) is 12.4. The number of nitrogens with one attached hydrogen (secondary N) is 1. The number of amides is 1. The predicted molar refractivity (Wildman–Crippen MR) is 129 cm³/mol. The van der Waals surface area contributed by atoms with Crippen LogP contribution in [-0.4, -0.2) is 29.7 Å². The summed E-state index contributed by atoms with van der Waals surface area (Å²) in [6.45, 7) is 3.93. The molecule has 0 aliphatic carbocycles. The fourth-order valence-corrected chi connectivity index (χ4v) is 3.92. The number of rotatable bonds is 19. The maximum atomic E-state index is 12.4. The fraction of sp³-hybridized carbons (Fsp3) is 0.731. The van der Waals surface area contributed by atoms with Crippen LogP contribution in [0.15, 0.2) is 29.4 Å². The lowest BCUT2D eigenvalue weighted by atomic mass is 10.00. The number of aliphatic hydroxyl groups excluding tert-OH is 1. The number of carbonyl (C=O) groups is 1. The molecule has 0 saturated carbocycles. The molecule has 2 atom stereocenters. The first-order chi connectivity index (χ1) is 15.1. The molecule has 0 fully saturated rings. The van der Waals surface area contributed by atoms with Crippen LogP contribution in [0, 0.1) is 11.8 Å². The van der Waals surface area contributed by atoms with Crippen molar-refractivity contribution < 1.29 is 9.90 Å².